The van der Waals surface area contributed by atoms with Gasteiger partial charge in [-0.2, -0.15) is 0 Å². The quantitative estimate of drug-likeness (QED) is 0.155. The molecule has 3 atom stereocenters. The minimum atomic E-state index is -0.243. The second-order valence-corrected chi connectivity index (χ2v) is 34.0. The van der Waals surface area contributed by atoms with Crippen LogP contribution in [0.2, 0.25) is 0 Å². The van der Waals surface area contributed by atoms with Crippen LogP contribution in [0.15, 0.2) is 211 Å². The van der Waals surface area contributed by atoms with Crippen LogP contribution in [0.4, 0.5) is 51.2 Å². The molecule has 2 aromatic heterocycles. The molecule has 12 aromatic rings. The minimum absolute atomic E-state index is 0.00135. The molecule has 6 heteroatoms. The number of furan rings is 1. The molecule has 18 rings (SSSR count). The molecule has 6 aliphatic rings. The lowest BCUT2D eigenvalue weighted by molar-refractivity contribution is 0.0990. The summed E-state index contributed by atoms with van der Waals surface area (Å²) in [6.07, 6.45) is 5.98. The minimum Gasteiger partial charge on any atom is -0.454 e. The van der Waals surface area contributed by atoms with Gasteiger partial charge >= 0.3 is 0 Å². The van der Waals surface area contributed by atoms with Crippen LogP contribution in [-0.4, -0.2) is 6.71 Å². The lowest BCUT2D eigenvalue weighted by Gasteiger charge is -2.48. The average Bonchev–Trinajstić information content (AvgIpc) is 1.47. The number of hydrogen-bond acceptors (Lipinski definition) is 5. The van der Waals surface area contributed by atoms with E-state index in [1.54, 1.807) is 0 Å². The number of nitrogens with zero attached hydrogens (tertiary/aromatic N) is 3. The van der Waals surface area contributed by atoms with E-state index < -0.39 is 0 Å². The van der Waals surface area contributed by atoms with E-state index in [1.807, 2.05) is 11.3 Å². The molecule has 2 bridgehead atoms. The third-order valence-electron chi connectivity index (χ3n) is 24.9. The normalized spacial score (nSPS) is 20.8. The Labute approximate surface area is 560 Å². The molecule has 0 amide bonds. The SMILES string of the molecule is CC(C)(C)c1ccc(N(c2ccc3c(c2)N(c2cccc4c2-c2ccccc2C42CC4CCC2(C)C4(C)C)c2cc(C(C)(C)C)cc4c2B3c2sc3cc5c(cc3c2N4c2cccc3c2oc2ccccc23)C(C)(C)CCC5(C)C)c2ccccc2-c2ccccc2)cc1. The number of hydrogen-bond donors (Lipinski definition) is 0. The largest absolute Gasteiger partial charge is 0.454 e. The van der Waals surface area contributed by atoms with Gasteiger partial charge in [0.05, 0.1) is 22.7 Å². The molecule has 1 spiro atoms. The third-order valence-corrected chi connectivity index (χ3v) is 26.1. The highest BCUT2D eigenvalue weighted by Crippen LogP contribution is 2.78. The topological polar surface area (TPSA) is 22.9 Å². The second kappa shape index (κ2) is 19.5. The lowest BCUT2D eigenvalue weighted by Crippen LogP contribution is -2.60. The van der Waals surface area contributed by atoms with E-state index in [0.717, 1.165) is 57.5 Å². The van der Waals surface area contributed by atoms with E-state index in [0.29, 0.717) is 5.92 Å². The standard InChI is InChI=1S/C88H84BN3OS/c1-82(2,3)54-37-39-57(40-38-54)90(69-33-21-18-27-59(69)53-25-15-14-16-26-53)58-41-42-68-72(49-58)91(70-34-24-32-65-77(70)62-29-17-20-31-64(62)88(65)52-55-43-44-87(88,13)86(55,11)12)73-47-56(83(4,5)6)48-74-78(73)89(68)81-79(63-50-66-67(51-76(63)94-81)85(9,10)46-45-84(66,7)8)92(74)71-35-23-30-61-60-28-19-22-36-75(60)93-80(61)71/h14-42,47-51,55H,43-46,52H2,1-13H3. The van der Waals surface area contributed by atoms with Crippen molar-refractivity contribution < 1.29 is 4.42 Å². The van der Waals surface area contributed by atoms with Gasteiger partial charge in [0.1, 0.15) is 5.58 Å². The highest BCUT2D eigenvalue weighted by atomic mass is 32.1. The molecule has 2 saturated carbocycles. The van der Waals surface area contributed by atoms with Gasteiger partial charge in [0, 0.05) is 70.6 Å². The number of fused-ring (bicyclic) bond motifs is 18. The summed E-state index contributed by atoms with van der Waals surface area (Å²) in [7, 11) is 0. The van der Waals surface area contributed by atoms with Crippen molar-refractivity contribution in [1.82, 2.24) is 0 Å². The molecule has 4 nitrogen and oxygen atoms in total. The maximum Gasteiger partial charge on any atom is 0.264 e. The Morgan fingerprint density at radius 3 is 1.85 bits per heavy atom. The van der Waals surface area contributed by atoms with Crippen molar-refractivity contribution in [2.75, 3.05) is 14.7 Å². The lowest BCUT2D eigenvalue weighted by atomic mass is 9.36. The summed E-state index contributed by atoms with van der Waals surface area (Å²) in [5, 5.41) is 3.59. The molecule has 2 aliphatic heterocycles. The number of anilines is 9. The van der Waals surface area contributed by atoms with Gasteiger partial charge in [0.2, 0.25) is 0 Å². The first kappa shape index (κ1) is 58.0. The fourth-order valence-electron chi connectivity index (χ4n) is 19.3. The summed E-state index contributed by atoms with van der Waals surface area (Å²) in [5.74, 6) is 0.636. The Morgan fingerprint density at radius 1 is 0.500 bits per heavy atom. The van der Waals surface area contributed by atoms with Crippen molar-refractivity contribution in [3.63, 3.8) is 0 Å². The van der Waals surface area contributed by atoms with Crippen LogP contribution in [0.25, 0.3) is 54.3 Å². The molecule has 4 heterocycles. The number of thiophene rings is 1. The Hall–Kier alpha value is -8.58. The molecule has 0 radical (unpaired) electrons. The Morgan fingerprint density at radius 2 is 1.13 bits per heavy atom. The van der Waals surface area contributed by atoms with Crippen LogP contribution in [0.1, 0.15) is 155 Å². The van der Waals surface area contributed by atoms with E-state index in [4.69, 9.17) is 4.42 Å². The molecule has 94 heavy (non-hydrogen) atoms. The van der Waals surface area contributed by atoms with Crippen LogP contribution in [0.5, 0.6) is 0 Å². The summed E-state index contributed by atoms with van der Waals surface area (Å²) >= 11 is 2.03. The number of para-hydroxylation sites is 3. The smallest absolute Gasteiger partial charge is 0.264 e. The van der Waals surface area contributed by atoms with E-state index in [9.17, 15) is 0 Å². The van der Waals surface area contributed by atoms with E-state index in [1.165, 1.54) is 129 Å². The van der Waals surface area contributed by atoms with E-state index in [-0.39, 0.29) is 44.6 Å². The maximum absolute atomic E-state index is 7.24. The fraction of sp³-hybridized carbons (Fsp3) is 0.295. The van der Waals surface area contributed by atoms with Crippen LogP contribution < -0.4 is 30.4 Å². The van der Waals surface area contributed by atoms with Gasteiger partial charge in [0.25, 0.3) is 6.71 Å². The molecule has 3 unspecified atom stereocenters. The zero-order valence-electron chi connectivity index (χ0n) is 57.0. The first-order valence-electron chi connectivity index (χ1n) is 34.7. The van der Waals surface area contributed by atoms with E-state index >= 15 is 0 Å². The Kier molecular flexibility index (Phi) is 12.1. The summed E-state index contributed by atoms with van der Waals surface area (Å²) in [6, 6.07) is 80.2. The molecule has 4 aliphatic carbocycles. The summed E-state index contributed by atoms with van der Waals surface area (Å²) < 4.78 is 9.95. The van der Waals surface area contributed by atoms with Crippen molar-refractivity contribution in [3.8, 4) is 22.3 Å². The first-order valence-corrected chi connectivity index (χ1v) is 35.5. The Bertz CT molecular complexity index is 5180. The fourth-order valence-corrected chi connectivity index (χ4v) is 20.6. The highest BCUT2D eigenvalue weighted by molar-refractivity contribution is 7.33. The van der Waals surface area contributed by atoms with Crippen molar-refractivity contribution in [1.29, 1.82) is 0 Å². The molecular formula is C88H84BN3OS. The van der Waals surface area contributed by atoms with Crippen molar-refractivity contribution in [2.24, 2.45) is 16.7 Å². The van der Waals surface area contributed by atoms with Gasteiger partial charge in [0.15, 0.2) is 5.58 Å². The predicted molar refractivity (Wildman–Crippen MR) is 401 cm³/mol. The van der Waals surface area contributed by atoms with Crippen molar-refractivity contribution in [3.05, 3.63) is 240 Å². The van der Waals surface area contributed by atoms with Crippen molar-refractivity contribution >= 4 is 117 Å². The van der Waals surface area contributed by atoms with Gasteiger partial charge < -0.3 is 19.1 Å². The second-order valence-electron chi connectivity index (χ2n) is 32.9. The Balaban J connectivity index is 0.982. The average molecular weight is 1240 g/mol. The zero-order valence-corrected chi connectivity index (χ0v) is 57.8. The molecular weight excluding hydrogens is 1160 g/mol. The predicted octanol–water partition coefficient (Wildman–Crippen LogP) is 23.1. The molecule has 0 saturated heterocycles. The summed E-state index contributed by atoms with van der Waals surface area (Å²) in [6.45, 7) is 31.9. The molecule has 466 valence electrons. The maximum atomic E-state index is 7.24. The number of rotatable bonds is 6. The first-order chi connectivity index (χ1) is 45.0. The van der Waals surface area contributed by atoms with Gasteiger partial charge in [-0.25, -0.2) is 0 Å². The van der Waals surface area contributed by atoms with Crippen LogP contribution in [0, 0.1) is 16.7 Å². The molecule has 0 N–H and O–H groups in total. The number of benzene rings is 10. The van der Waals surface area contributed by atoms with Gasteiger partial charge in [-0.3, -0.25) is 0 Å². The van der Waals surface area contributed by atoms with Gasteiger partial charge in [-0.05, 0) is 199 Å². The third kappa shape index (κ3) is 7.81. The monoisotopic (exact) mass is 1240 g/mol. The van der Waals surface area contributed by atoms with Crippen LogP contribution >= 0.6 is 11.3 Å². The van der Waals surface area contributed by atoms with Crippen LogP contribution in [-0.2, 0) is 27.1 Å². The summed E-state index contributed by atoms with van der Waals surface area (Å²) in [4.78, 5) is 8.02. The highest BCUT2D eigenvalue weighted by Gasteiger charge is 2.71. The summed E-state index contributed by atoms with van der Waals surface area (Å²) in [5.41, 5.74) is 28.7. The van der Waals surface area contributed by atoms with E-state index in [2.05, 4.69) is 311 Å². The van der Waals surface area contributed by atoms with Crippen molar-refractivity contribution in [2.45, 2.75) is 149 Å². The molecule has 2 fully saturated rings. The molecule has 10 aromatic carbocycles. The van der Waals surface area contributed by atoms with Gasteiger partial charge in [-0.15, -0.1) is 11.3 Å². The van der Waals surface area contributed by atoms with Crippen LogP contribution in [0.3, 0.4) is 0 Å². The van der Waals surface area contributed by atoms with Gasteiger partial charge in [-0.1, -0.05) is 223 Å². The zero-order chi connectivity index (χ0) is 64.5.